The monoisotopic (exact) mass is 380 g/mol. The first-order valence-electron chi connectivity index (χ1n) is 9.55. The zero-order chi connectivity index (χ0) is 19.7. The molecule has 0 N–H and O–H groups in total. The van der Waals surface area contributed by atoms with Crippen molar-refractivity contribution >= 4 is 11.4 Å². The van der Waals surface area contributed by atoms with E-state index in [9.17, 15) is 0 Å². The minimum atomic E-state index is 0.0323. The molecule has 0 bridgehead atoms. The topological polar surface area (TPSA) is 49.2 Å². The van der Waals surface area contributed by atoms with Gasteiger partial charge < -0.3 is 23.7 Å². The molecule has 0 saturated heterocycles. The molecule has 1 heterocycles. The first kappa shape index (κ1) is 21.8. The maximum absolute atomic E-state index is 5.85. The van der Waals surface area contributed by atoms with Gasteiger partial charge in [-0.25, -0.2) is 4.58 Å². The minimum absolute atomic E-state index is 0.0323. The summed E-state index contributed by atoms with van der Waals surface area (Å²) in [4.78, 5) is 0. The molecule has 0 fully saturated rings. The van der Waals surface area contributed by atoms with Crippen molar-refractivity contribution in [3.05, 3.63) is 23.8 Å². The van der Waals surface area contributed by atoms with Gasteiger partial charge in [0.15, 0.2) is 5.71 Å². The molecule has 0 aromatic heterocycles. The third-order valence-electron chi connectivity index (χ3n) is 5.08. The van der Waals surface area contributed by atoms with Gasteiger partial charge in [0.2, 0.25) is 5.69 Å². The molecule has 1 aliphatic rings. The SMILES string of the molecule is COCCOCCOCCOCCOc1ccc2c(c1)C(C)(C)C(C)=[N+]2C. The lowest BCUT2D eigenvalue weighted by Gasteiger charge is -2.16. The zero-order valence-corrected chi connectivity index (χ0v) is 17.4. The number of benzene rings is 1. The number of ether oxygens (including phenoxy) is 5. The van der Waals surface area contributed by atoms with Crippen LogP contribution in [-0.4, -0.2) is 77.3 Å². The van der Waals surface area contributed by atoms with Crippen LogP contribution in [0.4, 0.5) is 5.69 Å². The average Bonchev–Trinajstić information content (AvgIpc) is 2.83. The van der Waals surface area contributed by atoms with E-state index >= 15 is 0 Å². The molecule has 27 heavy (non-hydrogen) atoms. The molecule has 1 aromatic rings. The summed E-state index contributed by atoms with van der Waals surface area (Å²) < 4.78 is 29.3. The largest absolute Gasteiger partial charge is 0.491 e. The minimum Gasteiger partial charge on any atom is -0.491 e. The van der Waals surface area contributed by atoms with E-state index in [1.807, 2.05) is 6.07 Å². The highest BCUT2D eigenvalue weighted by Gasteiger charge is 2.41. The van der Waals surface area contributed by atoms with Gasteiger partial charge >= 0.3 is 0 Å². The summed E-state index contributed by atoms with van der Waals surface area (Å²) in [5.41, 5.74) is 3.94. The van der Waals surface area contributed by atoms with E-state index in [1.54, 1.807) is 7.11 Å². The molecule has 0 unspecified atom stereocenters. The van der Waals surface area contributed by atoms with Crippen molar-refractivity contribution in [2.75, 3.05) is 67.0 Å². The molecule has 0 atom stereocenters. The molecule has 0 spiro atoms. The molecule has 6 nitrogen and oxygen atoms in total. The predicted octanol–water partition coefficient (Wildman–Crippen LogP) is 2.79. The fourth-order valence-electron chi connectivity index (χ4n) is 3.10. The lowest BCUT2D eigenvalue weighted by molar-refractivity contribution is -0.403. The van der Waals surface area contributed by atoms with Crippen LogP contribution in [0.25, 0.3) is 0 Å². The Morgan fingerprint density at radius 2 is 1.41 bits per heavy atom. The molecule has 1 aliphatic heterocycles. The van der Waals surface area contributed by atoms with Crippen LogP contribution in [0.5, 0.6) is 5.75 Å². The summed E-state index contributed by atoms with van der Waals surface area (Å²) in [6.45, 7) is 11.2. The Morgan fingerprint density at radius 1 is 0.852 bits per heavy atom. The molecule has 0 amide bonds. The Balaban J connectivity index is 1.58. The van der Waals surface area contributed by atoms with Crippen molar-refractivity contribution in [3.8, 4) is 5.75 Å². The summed E-state index contributed by atoms with van der Waals surface area (Å²) in [5, 5.41) is 0. The molecular formula is C21H34NO5+. The smallest absolute Gasteiger partial charge is 0.209 e. The normalized spacial score (nSPS) is 15.3. The van der Waals surface area contributed by atoms with Crippen LogP contribution >= 0.6 is 0 Å². The van der Waals surface area contributed by atoms with E-state index in [1.165, 1.54) is 17.0 Å². The first-order chi connectivity index (χ1) is 13.0. The lowest BCUT2D eigenvalue weighted by Crippen LogP contribution is -2.25. The maximum atomic E-state index is 5.85. The Hall–Kier alpha value is -1.47. The van der Waals surface area contributed by atoms with Crippen LogP contribution in [0.2, 0.25) is 0 Å². The predicted molar refractivity (Wildman–Crippen MR) is 106 cm³/mol. The highest BCUT2D eigenvalue weighted by molar-refractivity contribution is 5.93. The van der Waals surface area contributed by atoms with Crippen molar-refractivity contribution in [2.24, 2.45) is 0 Å². The van der Waals surface area contributed by atoms with E-state index in [0.29, 0.717) is 52.9 Å². The third-order valence-corrected chi connectivity index (χ3v) is 5.08. The highest BCUT2D eigenvalue weighted by Crippen LogP contribution is 2.40. The molecule has 1 aromatic carbocycles. The van der Waals surface area contributed by atoms with Crippen LogP contribution < -0.4 is 4.74 Å². The van der Waals surface area contributed by atoms with Crippen molar-refractivity contribution in [2.45, 2.75) is 26.2 Å². The van der Waals surface area contributed by atoms with E-state index in [4.69, 9.17) is 23.7 Å². The first-order valence-corrected chi connectivity index (χ1v) is 9.55. The fourth-order valence-corrected chi connectivity index (χ4v) is 3.10. The molecule has 152 valence electrons. The van der Waals surface area contributed by atoms with Crippen molar-refractivity contribution in [1.82, 2.24) is 0 Å². The summed E-state index contributed by atoms with van der Waals surface area (Å²) >= 11 is 0. The second kappa shape index (κ2) is 10.8. The standard InChI is InChI=1S/C21H34NO5/c1-17-21(2,3)19-16-18(6-7-20(19)22(17)4)27-15-14-26-13-12-25-11-10-24-9-8-23-5/h6-7,16H,8-15H2,1-5H3/q+1. The molecular weight excluding hydrogens is 346 g/mol. The van der Waals surface area contributed by atoms with Gasteiger partial charge in [-0.05, 0) is 26.0 Å². The van der Waals surface area contributed by atoms with Crippen molar-refractivity contribution in [1.29, 1.82) is 0 Å². The van der Waals surface area contributed by atoms with Gasteiger partial charge in [0, 0.05) is 25.7 Å². The van der Waals surface area contributed by atoms with Crippen LogP contribution in [-0.2, 0) is 24.4 Å². The maximum Gasteiger partial charge on any atom is 0.209 e. The Morgan fingerprint density at radius 3 is 2.00 bits per heavy atom. The molecule has 0 aliphatic carbocycles. The number of nitrogens with zero attached hydrogens (tertiary/aromatic N) is 1. The molecule has 2 rings (SSSR count). The van der Waals surface area contributed by atoms with E-state index in [0.717, 1.165) is 5.75 Å². The van der Waals surface area contributed by atoms with Gasteiger partial charge in [0.05, 0.1) is 51.7 Å². The zero-order valence-electron chi connectivity index (χ0n) is 17.4. The second-order valence-corrected chi connectivity index (χ2v) is 7.13. The number of methoxy groups -OCH3 is 1. The molecule has 6 heteroatoms. The summed E-state index contributed by atoms with van der Waals surface area (Å²) in [6.07, 6.45) is 0. The molecule has 0 radical (unpaired) electrons. The lowest BCUT2D eigenvalue weighted by atomic mass is 9.82. The van der Waals surface area contributed by atoms with Gasteiger partial charge in [-0.2, -0.15) is 0 Å². The Labute approximate surface area is 163 Å². The van der Waals surface area contributed by atoms with Gasteiger partial charge in [0.25, 0.3) is 0 Å². The average molecular weight is 381 g/mol. The molecule has 0 saturated carbocycles. The third kappa shape index (κ3) is 6.01. The van der Waals surface area contributed by atoms with E-state index in [-0.39, 0.29) is 5.41 Å². The summed E-state index contributed by atoms with van der Waals surface area (Å²) in [6, 6.07) is 6.30. The van der Waals surface area contributed by atoms with Crippen LogP contribution in [0.1, 0.15) is 26.3 Å². The number of hydrogen-bond donors (Lipinski definition) is 0. The van der Waals surface area contributed by atoms with Gasteiger partial charge in [-0.3, -0.25) is 0 Å². The van der Waals surface area contributed by atoms with Gasteiger partial charge in [0.1, 0.15) is 19.4 Å². The quantitative estimate of drug-likeness (QED) is 0.389. The summed E-state index contributed by atoms with van der Waals surface area (Å²) in [7, 11) is 3.77. The van der Waals surface area contributed by atoms with Crippen molar-refractivity contribution in [3.63, 3.8) is 0 Å². The van der Waals surface area contributed by atoms with E-state index < -0.39 is 0 Å². The highest BCUT2D eigenvalue weighted by atomic mass is 16.6. The Kier molecular flexibility index (Phi) is 8.70. The second-order valence-electron chi connectivity index (χ2n) is 7.13. The number of hydrogen-bond acceptors (Lipinski definition) is 5. The van der Waals surface area contributed by atoms with Gasteiger partial charge in [-0.15, -0.1) is 0 Å². The van der Waals surface area contributed by atoms with Crippen LogP contribution in [0.15, 0.2) is 18.2 Å². The fraction of sp³-hybridized carbons (Fsp3) is 0.667. The van der Waals surface area contributed by atoms with Crippen LogP contribution in [0, 0.1) is 0 Å². The number of fused-ring (bicyclic) bond motifs is 1. The number of rotatable bonds is 13. The van der Waals surface area contributed by atoms with E-state index in [2.05, 4.69) is 44.5 Å². The summed E-state index contributed by atoms with van der Waals surface area (Å²) in [5.74, 6) is 0.887. The Bertz CT molecular complexity index is 627. The van der Waals surface area contributed by atoms with Gasteiger partial charge in [-0.1, -0.05) is 0 Å². The van der Waals surface area contributed by atoms with Crippen molar-refractivity contribution < 1.29 is 28.3 Å². The van der Waals surface area contributed by atoms with Crippen LogP contribution in [0.3, 0.4) is 0 Å².